The highest BCUT2D eigenvalue weighted by atomic mass is 32.1. The highest BCUT2D eigenvalue weighted by Crippen LogP contribution is 2.27. The molecular weight excluding hydrogens is 182 g/mol. The minimum absolute atomic E-state index is 0.152. The maximum absolute atomic E-state index is 11.3. The first kappa shape index (κ1) is 8.51. The van der Waals surface area contributed by atoms with Crippen LogP contribution in [0.3, 0.4) is 0 Å². The van der Waals surface area contributed by atoms with Crippen LogP contribution in [-0.4, -0.2) is 10.4 Å². The van der Waals surface area contributed by atoms with E-state index in [0.29, 0.717) is 0 Å². The Hall–Kier alpha value is -1.09. The van der Waals surface area contributed by atoms with Crippen LogP contribution in [0.4, 0.5) is 0 Å². The molecule has 0 atom stereocenters. The molecule has 13 heavy (non-hydrogen) atoms. The van der Waals surface area contributed by atoms with Crippen molar-refractivity contribution in [2.24, 2.45) is 0 Å². The number of aryl methyl sites for hydroxylation is 1. The van der Waals surface area contributed by atoms with Gasteiger partial charge in [-0.2, -0.15) is 0 Å². The van der Waals surface area contributed by atoms with E-state index in [4.69, 9.17) is 0 Å². The predicted octanol–water partition coefficient (Wildman–Crippen LogP) is 2.93. The Kier molecular flexibility index (Phi) is 1.96. The van der Waals surface area contributed by atoms with Gasteiger partial charge in [0.15, 0.2) is 5.78 Å². The summed E-state index contributed by atoms with van der Waals surface area (Å²) in [7, 11) is 0. The van der Waals surface area contributed by atoms with Crippen molar-refractivity contribution in [3.63, 3.8) is 0 Å². The van der Waals surface area contributed by atoms with E-state index in [9.17, 15) is 4.79 Å². The molecule has 0 fully saturated rings. The molecule has 0 aromatic carbocycles. The van der Waals surface area contributed by atoms with Gasteiger partial charge < -0.3 is 4.57 Å². The first-order valence-electron chi connectivity index (χ1n) is 4.31. The molecule has 0 bridgehead atoms. The van der Waals surface area contributed by atoms with Crippen LogP contribution in [0, 0.1) is 0 Å². The maximum Gasteiger partial charge on any atom is 0.162 e. The minimum atomic E-state index is 0.152. The highest BCUT2D eigenvalue weighted by Gasteiger charge is 2.11. The Morgan fingerprint density at radius 3 is 3.00 bits per heavy atom. The van der Waals surface area contributed by atoms with Gasteiger partial charge in [0.2, 0.25) is 0 Å². The van der Waals surface area contributed by atoms with Crippen molar-refractivity contribution in [2.45, 2.75) is 20.4 Å². The average Bonchev–Trinajstić information content (AvgIpc) is 2.61. The summed E-state index contributed by atoms with van der Waals surface area (Å²) in [4.78, 5) is 11.3. The van der Waals surface area contributed by atoms with Crippen LogP contribution in [0.5, 0.6) is 0 Å². The third-order valence-corrected chi connectivity index (χ3v) is 3.14. The first-order chi connectivity index (χ1) is 6.24. The predicted molar refractivity (Wildman–Crippen MR) is 55.5 cm³/mol. The van der Waals surface area contributed by atoms with E-state index in [2.05, 4.69) is 17.6 Å². The van der Waals surface area contributed by atoms with E-state index < -0.39 is 0 Å². The van der Waals surface area contributed by atoms with Crippen LogP contribution in [-0.2, 0) is 6.54 Å². The SMILES string of the molecule is CCn1cc(C(C)=O)c2sccc21. The van der Waals surface area contributed by atoms with Gasteiger partial charge in [-0.25, -0.2) is 0 Å². The molecule has 2 heterocycles. The Morgan fingerprint density at radius 1 is 1.62 bits per heavy atom. The molecule has 0 aliphatic rings. The van der Waals surface area contributed by atoms with Crippen LogP contribution in [0.25, 0.3) is 10.2 Å². The maximum atomic E-state index is 11.3. The van der Waals surface area contributed by atoms with Crippen molar-refractivity contribution in [1.29, 1.82) is 0 Å². The molecule has 0 aliphatic carbocycles. The van der Waals surface area contributed by atoms with E-state index >= 15 is 0 Å². The summed E-state index contributed by atoms with van der Waals surface area (Å²) in [5, 5.41) is 2.03. The number of Topliss-reactive ketones (excluding diaryl/α,β-unsaturated/α-hetero) is 1. The second kappa shape index (κ2) is 3.00. The zero-order chi connectivity index (χ0) is 9.42. The molecule has 0 unspecified atom stereocenters. The minimum Gasteiger partial charge on any atom is -0.346 e. The van der Waals surface area contributed by atoms with Crippen LogP contribution < -0.4 is 0 Å². The average molecular weight is 193 g/mol. The molecule has 2 nitrogen and oxygen atoms in total. The number of rotatable bonds is 2. The molecule has 0 spiro atoms. The van der Waals surface area contributed by atoms with Crippen molar-refractivity contribution in [3.8, 4) is 0 Å². The molecule has 0 aliphatic heterocycles. The lowest BCUT2D eigenvalue weighted by Crippen LogP contribution is -1.91. The highest BCUT2D eigenvalue weighted by molar-refractivity contribution is 7.17. The quantitative estimate of drug-likeness (QED) is 0.672. The summed E-state index contributed by atoms with van der Waals surface area (Å²) in [5.74, 6) is 0.152. The Labute approximate surface area is 80.8 Å². The molecule has 2 rings (SSSR count). The van der Waals surface area contributed by atoms with Gasteiger partial charge in [-0.15, -0.1) is 11.3 Å². The number of carbonyl (C=O) groups excluding carboxylic acids is 1. The Bertz CT molecular complexity index is 452. The van der Waals surface area contributed by atoms with Gasteiger partial charge in [-0.3, -0.25) is 4.79 Å². The molecule has 3 heteroatoms. The van der Waals surface area contributed by atoms with E-state index in [1.807, 2.05) is 11.6 Å². The number of nitrogens with zero attached hydrogens (tertiary/aromatic N) is 1. The van der Waals surface area contributed by atoms with E-state index in [1.54, 1.807) is 18.3 Å². The topological polar surface area (TPSA) is 22.0 Å². The second-order valence-corrected chi connectivity index (χ2v) is 3.94. The summed E-state index contributed by atoms with van der Waals surface area (Å²) >= 11 is 1.64. The normalized spacial score (nSPS) is 10.9. The van der Waals surface area contributed by atoms with E-state index in [1.165, 1.54) is 5.52 Å². The summed E-state index contributed by atoms with van der Waals surface area (Å²) in [6.07, 6.45) is 1.95. The lowest BCUT2D eigenvalue weighted by molar-refractivity contribution is 0.101. The fourth-order valence-electron chi connectivity index (χ4n) is 1.53. The van der Waals surface area contributed by atoms with Crippen molar-refractivity contribution >= 4 is 27.3 Å². The molecule has 0 radical (unpaired) electrons. The molecule has 2 aromatic rings. The number of ketones is 1. The second-order valence-electron chi connectivity index (χ2n) is 3.02. The van der Waals surface area contributed by atoms with Gasteiger partial charge >= 0.3 is 0 Å². The summed E-state index contributed by atoms with van der Waals surface area (Å²) in [5.41, 5.74) is 2.03. The van der Waals surface area contributed by atoms with Gasteiger partial charge in [0.25, 0.3) is 0 Å². The van der Waals surface area contributed by atoms with Crippen LogP contribution >= 0.6 is 11.3 Å². The van der Waals surface area contributed by atoms with Crippen LogP contribution in [0.2, 0.25) is 0 Å². The lowest BCUT2D eigenvalue weighted by Gasteiger charge is -1.95. The van der Waals surface area contributed by atoms with Crippen molar-refractivity contribution in [3.05, 3.63) is 23.2 Å². The molecule has 68 valence electrons. The number of carbonyl (C=O) groups is 1. The largest absolute Gasteiger partial charge is 0.346 e. The monoisotopic (exact) mass is 193 g/mol. The fourth-order valence-corrected chi connectivity index (χ4v) is 2.49. The van der Waals surface area contributed by atoms with Crippen molar-refractivity contribution < 1.29 is 4.79 Å². The van der Waals surface area contributed by atoms with Crippen molar-refractivity contribution in [2.75, 3.05) is 0 Å². The summed E-state index contributed by atoms with van der Waals surface area (Å²) < 4.78 is 3.23. The number of hydrogen-bond acceptors (Lipinski definition) is 2. The molecule has 0 saturated carbocycles. The van der Waals surface area contributed by atoms with Gasteiger partial charge in [-0.05, 0) is 25.3 Å². The molecular formula is C10H11NOS. The number of fused-ring (bicyclic) bond motifs is 1. The summed E-state index contributed by atoms with van der Waals surface area (Å²) in [6, 6.07) is 2.07. The smallest absolute Gasteiger partial charge is 0.162 e. The van der Waals surface area contributed by atoms with Crippen molar-refractivity contribution in [1.82, 2.24) is 4.57 Å². The van der Waals surface area contributed by atoms with E-state index in [-0.39, 0.29) is 5.78 Å². The lowest BCUT2D eigenvalue weighted by atomic mass is 10.2. The third-order valence-electron chi connectivity index (χ3n) is 2.20. The number of thiophene rings is 1. The molecule has 0 amide bonds. The zero-order valence-electron chi connectivity index (χ0n) is 7.70. The van der Waals surface area contributed by atoms with Gasteiger partial charge in [-0.1, -0.05) is 0 Å². The molecule has 0 N–H and O–H groups in total. The van der Waals surface area contributed by atoms with Crippen LogP contribution in [0.15, 0.2) is 17.6 Å². The van der Waals surface area contributed by atoms with Gasteiger partial charge in [0.1, 0.15) is 0 Å². The Balaban J connectivity index is 2.75. The summed E-state index contributed by atoms with van der Waals surface area (Å²) in [6.45, 7) is 4.62. The Morgan fingerprint density at radius 2 is 2.38 bits per heavy atom. The van der Waals surface area contributed by atoms with Gasteiger partial charge in [0, 0.05) is 12.7 Å². The fraction of sp³-hybridized carbons (Fsp3) is 0.300. The number of aromatic nitrogens is 1. The van der Waals surface area contributed by atoms with Gasteiger partial charge in [0.05, 0.1) is 15.8 Å². The molecule has 2 aromatic heterocycles. The number of hydrogen-bond donors (Lipinski definition) is 0. The first-order valence-corrected chi connectivity index (χ1v) is 5.19. The zero-order valence-corrected chi connectivity index (χ0v) is 8.52. The molecule has 0 saturated heterocycles. The standard InChI is InChI=1S/C10H11NOS/c1-3-11-6-8(7(2)12)10-9(11)4-5-13-10/h4-6H,3H2,1-2H3. The van der Waals surface area contributed by atoms with Crippen LogP contribution in [0.1, 0.15) is 24.2 Å². The van der Waals surface area contributed by atoms with E-state index in [0.717, 1.165) is 16.8 Å². The third kappa shape index (κ3) is 1.20.